The van der Waals surface area contributed by atoms with Crippen molar-refractivity contribution in [3.05, 3.63) is 26.6 Å². The zero-order valence-electron chi connectivity index (χ0n) is 16.0. The van der Waals surface area contributed by atoms with Gasteiger partial charge in [-0.25, -0.2) is 4.98 Å². The van der Waals surface area contributed by atoms with E-state index in [0.29, 0.717) is 17.5 Å². The number of aromatic amines is 1. The van der Waals surface area contributed by atoms with Crippen molar-refractivity contribution in [3.8, 4) is 0 Å². The van der Waals surface area contributed by atoms with E-state index in [0.717, 1.165) is 55.4 Å². The molecule has 2 aromatic rings. The van der Waals surface area contributed by atoms with Crippen molar-refractivity contribution in [3.63, 3.8) is 0 Å². The standard InChI is InChI=1S/C20H27N3O2S2/c1-12-6-7-14-15(10-12)27-20-17(14)19(25)21-18(22-20)13(2)26-11-16(24)23-8-4-3-5-9-23/h12-13H,3-11H2,1-2H3,(H,21,22,25). The summed E-state index contributed by atoms with van der Waals surface area (Å²) in [6.07, 6.45) is 6.63. The average molecular weight is 406 g/mol. The third kappa shape index (κ3) is 3.94. The summed E-state index contributed by atoms with van der Waals surface area (Å²) in [5.41, 5.74) is 1.20. The number of thiophene rings is 1. The molecule has 27 heavy (non-hydrogen) atoms. The van der Waals surface area contributed by atoms with Gasteiger partial charge in [0.25, 0.3) is 5.56 Å². The summed E-state index contributed by atoms with van der Waals surface area (Å²) in [6.45, 7) is 6.06. The largest absolute Gasteiger partial charge is 0.342 e. The van der Waals surface area contributed by atoms with Crippen LogP contribution in [0.1, 0.15) is 61.0 Å². The number of piperidine rings is 1. The Bertz CT molecular complexity index is 898. The molecule has 0 bridgehead atoms. The topological polar surface area (TPSA) is 66.1 Å². The van der Waals surface area contributed by atoms with Crippen molar-refractivity contribution in [1.29, 1.82) is 0 Å². The number of nitrogens with one attached hydrogen (secondary N) is 1. The van der Waals surface area contributed by atoms with Gasteiger partial charge in [0.1, 0.15) is 10.7 Å². The number of aryl methyl sites for hydroxylation is 1. The number of nitrogens with zero attached hydrogens (tertiary/aromatic N) is 2. The molecule has 3 heterocycles. The fourth-order valence-electron chi connectivity index (χ4n) is 4.07. The quantitative estimate of drug-likeness (QED) is 0.837. The predicted octanol–water partition coefficient (Wildman–Crippen LogP) is 3.92. The van der Waals surface area contributed by atoms with Crippen LogP contribution in [0.15, 0.2) is 4.79 Å². The van der Waals surface area contributed by atoms with E-state index in [9.17, 15) is 9.59 Å². The molecular weight excluding hydrogens is 378 g/mol. The van der Waals surface area contributed by atoms with Crippen LogP contribution >= 0.6 is 23.1 Å². The Morgan fingerprint density at radius 3 is 2.93 bits per heavy atom. The number of aromatic nitrogens is 2. The van der Waals surface area contributed by atoms with Crippen LogP contribution in [0.4, 0.5) is 0 Å². The number of fused-ring (bicyclic) bond motifs is 3. The molecule has 0 radical (unpaired) electrons. The van der Waals surface area contributed by atoms with Gasteiger partial charge in [-0.3, -0.25) is 9.59 Å². The van der Waals surface area contributed by atoms with E-state index in [1.165, 1.54) is 16.9 Å². The van der Waals surface area contributed by atoms with Crippen molar-refractivity contribution in [1.82, 2.24) is 14.9 Å². The minimum Gasteiger partial charge on any atom is -0.342 e. The molecule has 5 nitrogen and oxygen atoms in total. The Balaban J connectivity index is 1.50. The first-order chi connectivity index (χ1) is 13.0. The normalized spacial score (nSPS) is 21.3. The number of H-pyrrole nitrogens is 1. The van der Waals surface area contributed by atoms with Gasteiger partial charge in [0, 0.05) is 18.0 Å². The molecule has 1 aliphatic heterocycles. The zero-order chi connectivity index (χ0) is 19.0. The first-order valence-corrected chi connectivity index (χ1v) is 11.8. The smallest absolute Gasteiger partial charge is 0.259 e. The van der Waals surface area contributed by atoms with Gasteiger partial charge in [-0.2, -0.15) is 0 Å². The van der Waals surface area contributed by atoms with Gasteiger partial charge in [0.05, 0.1) is 16.4 Å². The summed E-state index contributed by atoms with van der Waals surface area (Å²) >= 11 is 3.25. The highest BCUT2D eigenvalue weighted by molar-refractivity contribution is 8.00. The highest BCUT2D eigenvalue weighted by Gasteiger charge is 2.24. The maximum Gasteiger partial charge on any atom is 0.259 e. The minimum absolute atomic E-state index is 0.00566. The van der Waals surface area contributed by atoms with Crippen molar-refractivity contribution in [2.24, 2.45) is 5.92 Å². The third-order valence-corrected chi connectivity index (χ3v) is 8.02. The number of amides is 1. The number of carbonyl (C=O) groups is 1. The molecule has 1 fully saturated rings. The lowest BCUT2D eigenvalue weighted by molar-refractivity contribution is -0.129. The van der Waals surface area contributed by atoms with Gasteiger partial charge < -0.3 is 9.88 Å². The first kappa shape index (κ1) is 19.0. The highest BCUT2D eigenvalue weighted by atomic mass is 32.2. The molecule has 2 atom stereocenters. The fraction of sp³-hybridized carbons (Fsp3) is 0.650. The maximum absolute atomic E-state index is 12.7. The van der Waals surface area contributed by atoms with Crippen LogP contribution in [-0.2, 0) is 17.6 Å². The number of hydrogen-bond acceptors (Lipinski definition) is 5. The van der Waals surface area contributed by atoms with Crippen LogP contribution in [0.5, 0.6) is 0 Å². The van der Waals surface area contributed by atoms with Gasteiger partial charge in [0.15, 0.2) is 0 Å². The van der Waals surface area contributed by atoms with Crippen LogP contribution in [0, 0.1) is 5.92 Å². The number of carbonyl (C=O) groups excluding carboxylic acids is 1. The van der Waals surface area contributed by atoms with E-state index in [1.54, 1.807) is 23.1 Å². The van der Waals surface area contributed by atoms with Gasteiger partial charge in [-0.1, -0.05) is 6.92 Å². The summed E-state index contributed by atoms with van der Waals surface area (Å²) in [4.78, 5) is 37.1. The van der Waals surface area contributed by atoms with Crippen molar-refractivity contribution in [2.75, 3.05) is 18.8 Å². The number of likely N-dealkylation sites (tertiary alicyclic amines) is 1. The molecule has 7 heteroatoms. The number of rotatable bonds is 4. The molecule has 1 saturated heterocycles. The van der Waals surface area contributed by atoms with E-state index >= 15 is 0 Å². The molecule has 4 rings (SSSR count). The van der Waals surface area contributed by atoms with E-state index in [4.69, 9.17) is 4.98 Å². The predicted molar refractivity (Wildman–Crippen MR) is 113 cm³/mol. The monoisotopic (exact) mass is 405 g/mol. The average Bonchev–Trinajstić information content (AvgIpc) is 3.04. The second kappa shape index (κ2) is 7.95. The molecule has 146 valence electrons. The van der Waals surface area contributed by atoms with Crippen molar-refractivity contribution in [2.45, 2.75) is 57.6 Å². The molecular formula is C20H27N3O2S2. The molecule has 0 spiro atoms. The zero-order valence-corrected chi connectivity index (χ0v) is 17.7. The molecule has 2 unspecified atom stereocenters. The Kier molecular flexibility index (Phi) is 5.60. The van der Waals surface area contributed by atoms with Gasteiger partial charge in [-0.15, -0.1) is 23.1 Å². The highest BCUT2D eigenvalue weighted by Crippen LogP contribution is 2.36. The van der Waals surface area contributed by atoms with Crippen LogP contribution in [-0.4, -0.2) is 39.6 Å². The van der Waals surface area contributed by atoms with Crippen LogP contribution in [0.25, 0.3) is 10.2 Å². The Morgan fingerprint density at radius 1 is 1.37 bits per heavy atom. The Morgan fingerprint density at radius 2 is 2.15 bits per heavy atom. The van der Waals surface area contributed by atoms with Gasteiger partial charge in [-0.05, 0) is 56.9 Å². The van der Waals surface area contributed by atoms with E-state index in [-0.39, 0.29) is 16.7 Å². The molecule has 2 aromatic heterocycles. The molecule has 1 N–H and O–H groups in total. The first-order valence-electron chi connectivity index (χ1n) is 9.96. The summed E-state index contributed by atoms with van der Waals surface area (Å²) in [6, 6.07) is 0. The van der Waals surface area contributed by atoms with Crippen LogP contribution < -0.4 is 5.56 Å². The van der Waals surface area contributed by atoms with Gasteiger partial charge in [0.2, 0.25) is 5.91 Å². The van der Waals surface area contributed by atoms with Gasteiger partial charge >= 0.3 is 0 Å². The Hall–Kier alpha value is -1.34. The summed E-state index contributed by atoms with van der Waals surface area (Å²) < 4.78 is 0. The van der Waals surface area contributed by atoms with Crippen LogP contribution in [0.2, 0.25) is 0 Å². The fourth-order valence-corrected chi connectivity index (χ4v) is 6.30. The lowest BCUT2D eigenvalue weighted by Gasteiger charge is -2.26. The summed E-state index contributed by atoms with van der Waals surface area (Å²) in [7, 11) is 0. The minimum atomic E-state index is -0.0168. The van der Waals surface area contributed by atoms with Crippen molar-refractivity contribution >= 4 is 39.2 Å². The third-order valence-electron chi connectivity index (χ3n) is 5.73. The summed E-state index contributed by atoms with van der Waals surface area (Å²) in [5.74, 6) is 2.02. The van der Waals surface area contributed by atoms with Crippen LogP contribution in [0.3, 0.4) is 0 Å². The van der Waals surface area contributed by atoms with Crippen molar-refractivity contribution < 1.29 is 4.79 Å². The summed E-state index contributed by atoms with van der Waals surface area (Å²) in [5, 5.41) is 0.793. The SMILES string of the molecule is CC1CCc2c(sc3nc(C(C)SCC(=O)N4CCCCC4)[nH]c(=O)c23)C1. The molecule has 0 aromatic carbocycles. The van der Waals surface area contributed by atoms with E-state index < -0.39 is 0 Å². The molecule has 2 aliphatic rings. The Labute approximate surface area is 167 Å². The van der Waals surface area contributed by atoms with E-state index in [1.807, 2.05) is 11.8 Å². The number of hydrogen-bond donors (Lipinski definition) is 1. The molecule has 1 amide bonds. The number of thioether (sulfide) groups is 1. The molecule has 0 saturated carbocycles. The lowest BCUT2D eigenvalue weighted by atomic mass is 9.89. The van der Waals surface area contributed by atoms with E-state index in [2.05, 4.69) is 11.9 Å². The second-order valence-electron chi connectivity index (χ2n) is 7.88. The lowest BCUT2D eigenvalue weighted by Crippen LogP contribution is -2.36. The maximum atomic E-state index is 12.7. The second-order valence-corrected chi connectivity index (χ2v) is 10.3. The molecule has 1 aliphatic carbocycles.